The van der Waals surface area contributed by atoms with Crippen LogP contribution in [0.2, 0.25) is 0 Å². The molecule has 1 aromatic heterocycles. The maximum Gasteiger partial charge on any atom is 0.251 e. The molecule has 7 nitrogen and oxygen atoms in total. The predicted molar refractivity (Wildman–Crippen MR) is 130 cm³/mol. The van der Waals surface area contributed by atoms with E-state index in [-0.39, 0.29) is 5.91 Å². The van der Waals surface area contributed by atoms with E-state index in [2.05, 4.69) is 41.1 Å². The van der Waals surface area contributed by atoms with Gasteiger partial charge in [-0.1, -0.05) is 17.4 Å². The first-order valence-electron chi connectivity index (χ1n) is 10.8. The molecule has 32 heavy (non-hydrogen) atoms. The smallest absolute Gasteiger partial charge is 0.251 e. The summed E-state index contributed by atoms with van der Waals surface area (Å²) in [5.41, 5.74) is 4.18. The molecule has 1 N–H and O–H groups in total. The van der Waals surface area contributed by atoms with Gasteiger partial charge in [0.05, 0.1) is 24.4 Å². The van der Waals surface area contributed by atoms with Crippen molar-refractivity contribution in [2.24, 2.45) is 0 Å². The van der Waals surface area contributed by atoms with Crippen LogP contribution in [0, 0.1) is 13.8 Å². The van der Waals surface area contributed by atoms with Gasteiger partial charge >= 0.3 is 0 Å². The molecule has 1 aliphatic heterocycles. The van der Waals surface area contributed by atoms with Gasteiger partial charge in [0.1, 0.15) is 11.5 Å². The SMILES string of the molecule is COc1cc(OC)cc(C(=O)NCCN2CCN(c3nc4c(C)cc(C)cc4s3)CC2)c1. The van der Waals surface area contributed by atoms with Crippen LogP contribution in [0.4, 0.5) is 5.13 Å². The third-order valence-corrected chi connectivity index (χ3v) is 6.85. The van der Waals surface area contributed by atoms with Crippen LogP contribution in [0.25, 0.3) is 10.2 Å². The second-order valence-electron chi connectivity index (χ2n) is 8.11. The number of thiazole rings is 1. The fraction of sp³-hybridized carbons (Fsp3) is 0.417. The van der Waals surface area contributed by atoms with Gasteiger partial charge in [-0.05, 0) is 43.2 Å². The number of amides is 1. The minimum atomic E-state index is -0.124. The average molecular weight is 455 g/mol. The molecular weight excluding hydrogens is 424 g/mol. The molecule has 3 aromatic rings. The van der Waals surface area contributed by atoms with Crippen molar-refractivity contribution in [3.05, 3.63) is 47.0 Å². The summed E-state index contributed by atoms with van der Waals surface area (Å²) >= 11 is 1.78. The highest BCUT2D eigenvalue weighted by molar-refractivity contribution is 7.22. The fourth-order valence-corrected chi connectivity index (χ4v) is 5.22. The number of rotatable bonds is 7. The Morgan fingerprint density at radius 2 is 1.72 bits per heavy atom. The van der Waals surface area contributed by atoms with Crippen LogP contribution < -0.4 is 19.7 Å². The number of nitrogens with zero attached hydrogens (tertiary/aromatic N) is 3. The Labute approximate surface area is 192 Å². The van der Waals surface area contributed by atoms with Gasteiger partial charge in [-0.2, -0.15) is 0 Å². The lowest BCUT2D eigenvalue weighted by atomic mass is 10.1. The molecule has 0 bridgehead atoms. The van der Waals surface area contributed by atoms with E-state index < -0.39 is 0 Å². The van der Waals surface area contributed by atoms with Gasteiger partial charge in [-0.15, -0.1) is 0 Å². The van der Waals surface area contributed by atoms with Crippen molar-refractivity contribution in [3.8, 4) is 11.5 Å². The number of piperazine rings is 1. The number of anilines is 1. The number of aromatic nitrogens is 1. The van der Waals surface area contributed by atoms with Crippen LogP contribution in [0.3, 0.4) is 0 Å². The third kappa shape index (κ3) is 4.97. The Morgan fingerprint density at radius 3 is 2.38 bits per heavy atom. The summed E-state index contributed by atoms with van der Waals surface area (Å²) in [5.74, 6) is 1.08. The van der Waals surface area contributed by atoms with Crippen LogP contribution in [0.15, 0.2) is 30.3 Å². The van der Waals surface area contributed by atoms with Crippen molar-refractivity contribution in [3.63, 3.8) is 0 Å². The van der Waals surface area contributed by atoms with Gasteiger partial charge in [-0.3, -0.25) is 9.69 Å². The lowest BCUT2D eigenvalue weighted by Crippen LogP contribution is -2.48. The number of fused-ring (bicyclic) bond motifs is 1. The molecule has 170 valence electrons. The largest absolute Gasteiger partial charge is 0.497 e. The van der Waals surface area contributed by atoms with E-state index >= 15 is 0 Å². The third-order valence-electron chi connectivity index (χ3n) is 5.79. The lowest BCUT2D eigenvalue weighted by Gasteiger charge is -2.34. The molecule has 0 spiro atoms. The summed E-state index contributed by atoms with van der Waals surface area (Å²) in [6.45, 7) is 9.48. The predicted octanol–water partition coefficient (Wildman–Crippen LogP) is 3.48. The summed E-state index contributed by atoms with van der Waals surface area (Å²) < 4.78 is 11.8. The van der Waals surface area contributed by atoms with Gasteiger partial charge < -0.3 is 19.7 Å². The monoisotopic (exact) mass is 454 g/mol. The number of aryl methyl sites for hydroxylation is 2. The molecule has 2 aromatic carbocycles. The van der Waals surface area contributed by atoms with Gasteiger partial charge in [0.2, 0.25) is 0 Å². The Kier molecular flexibility index (Phi) is 6.81. The number of carbonyl (C=O) groups excluding carboxylic acids is 1. The molecule has 8 heteroatoms. The van der Waals surface area contributed by atoms with E-state index in [1.807, 2.05) is 0 Å². The van der Waals surface area contributed by atoms with Crippen molar-refractivity contribution in [2.75, 3.05) is 58.4 Å². The highest BCUT2D eigenvalue weighted by atomic mass is 32.1. The zero-order valence-electron chi connectivity index (χ0n) is 19.1. The van der Waals surface area contributed by atoms with E-state index in [1.54, 1.807) is 43.8 Å². The molecule has 0 saturated carbocycles. The quantitative estimate of drug-likeness (QED) is 0.590. The molecule has 0 aliphatic carbocycles. The zero-order chi connectivity index (χ0) is 22.7. The van der Waals surface area contributed by atoms with Crippen molar-refractivity contribution < 1.29 is 14.3 Å². The van der Waals surface area contributed by atoms with Crippen LogP contribution in [-0.4, -0.2) is 69.3 Å². The number of hydrogen-bond acceptors (Lipinski definition) is 7. The normalized spacial score (nSPS) is 14.6. The molecule has 2 heterocycles. The van der Waals surface area contributed by atoms with Gasteiger partial charge in [0.15, 0.2) is 5.13 Å². The summed E-state index contributed by atoms with van der Waals surface area (Å²) in [5, 5.41) is 4.11. The Hall–Kier alpha value is -2.84. The summed E-state index contributed by atoms with van der Waals surface area (Å²) in [7, 11) is 3.15. The standard InChI is InChI=1S/C24H30N4O3S/c1-16-11-17(2)22-21(12-16)32-24(26-22)28-9-7-27(8-10-28)6-5-25-23(29)18-13-19(30-3)15-20(14-18)31-4/h11-15H,5-10H2,1-4H3,(H,25,29). The maximum atomic E-state index is 12.5. The second-order valence-corrected chi connectivity index (χ2v) is 9.12. The summed E-state index contributed by atoms with van der Waals surface area (Å²) in [6.07, 6.45) is 0. The molecule has 0 atom stereocenters. The second kappa shape index (κ2) is 9.75. The van der Waals surface area contributed by atoms with E-state index in [9.17, 15) is 4.79 Å². The molecule has 1 fully saturated rings. The van der Waals surface area contributed by atoms with Crippen molar-refractivity contribution in [1.82, 2.24) is 15.2 Å². The average Bonchev–Trinajstić information content (AvgIpc) is 3.23. The minimum absolute atomic E-state index is 0.124. The summed E-state index contributed by atoms with van der Waals surface area (Å²) in [6, 6.07) is 9.61. The number of methoxy groups -OCH3 is 2. The van der Waals surface area contributed by atoms with Crippen LogP contribution >= 0.6 is 11.3 Å². The first kappa shape index (κ1) is 22.4. The molecule has 1 amide bonds. The number of carbonyl (C=O) groups is 1. The van der Waals surface area contributed by atoms with Crippen LogP contribution in [0.1, 0.15) is 21.5 Å². The molecular formula is C24H30N4O3S. The highest BCUT2D eigenvalue weighted by Gasteiger charge is 2.20. The van der Waals surface area contributed by atoms with E-state index in [4.69, 9.17) is 14.5 Å². The van der Waals surface area contributed by atoms with E-state index in [0.717, 1.165) is 43.4 Å². The molecule has 1 aliphatic rings. The van der Waals surface area contributed by atoms with Gasteiger partial charge in [-0.25, -0.2) is 4.98 Å². The van der Waals surface area contributed by atoms with Gasteiger partial charge in [0, 0.05) is 50.9 Å². The first-order valence-corrected chi connectivity index (χ1v) is 11.6. The number of nitrogens with one attached hydrogen (secondary N) is 1. The zero-order valence-corrected chi connectivity index (χ0v) is 19.9. The summed E-state index contributed by atoms with van der Waals surface area (Å²) in [4.78, 5) is 22.2. The lowest BCUT2D eigenvalue weighted by molar-refractivity contribution is 0.0947. The van der Waals surface area contributed by atoms with Crippen LogP contribution in [-0.2, 0) is 0 Å². The van der Waals surface area contributed by atoms with Crippen molar-refractivity contribution in [2.45, 2.75) is 13.8 Å². The molecule has 4 rings (SSSR count). The Balaban J connectivity index is 1.28. The van der Waals surface area contributed by atoms with E-state index in [1.165, 1.54) is 15.8 Å². The molecule has 1 saturated heterocycles. The Morgan fingerprint density at radius 1 is 1.03 bits per heavy atom. The van der Waals surface area contributed by atoms with Crippen LogP contribution in [0.5, 0.6) is 11.5 Å². The molecule has 0 unspecified atom stereocenters. The maximum absolute atomic E-state index is 12.5. The number of ether oxygens (including phenoxy) is 2. The molecule has 0 radical (unpaired) electrons. The van der Waals surface area contributed by atoms with Crippen molar-refractivity contribution >= 4 is 32.6 Å². The number of hydrogen-bond donors (Lipinski definition) is 1. The minimum Gasteiger partial charge on any atom is -0.497 e. The van der Waals surface area contributed by atoms with Gasteiger partial charge in [0.25, 0.3) is 5.91 Å². The highest BCUT2D eigenvalue weighted by Crippen LogP contribution is 2.32. The Bertz CT molecular complexity index is 1080. The van der Waals surface area contributed by atoms with E-state index in [0.29, 0.717) is 23.6 Å². The first-order chi connectivity index (χ1) is 15.5. The topological polar surface area (TPSA) is 66.9 Å². The number of benzene rings is 2. The fourth-order valence-electron chi connectivity index (χ4n) is 4.03. The van der Waals surface area contributed by atoms with Crippen molar-refractivity contribution in [1.29, 1.82) is 0 Å².